The van der Waals surface area contributed by atoms with E-state index >= 15 is 0 Å². The van der Waals surface area contributed by atoms with Crippen LogP contribution in [0.3, 0.4) is 0 Å². The van der Waals surface area contributed by atoms with Crippen molar-refractivity contribution in [3.63, 3.8) is 0 Å². The zero-order valence-electron chi connectivity index (χ0n) is 19.7. The number of amides is 1. The van der Waals surface area contributed by atoms with Crippen molar-refractivity contribution in [1.29, 1.82) is 0 Å². The van der Waals surface area contributed by atoms with Crippen molar-refractivity contribution in [3.05, 3.63) is 53.9 Å². The first-order valence-corrected chi connectivity index (χ1v) is 12.4. The number of carbonyl (C=O) groups is 1. The van der Waals surface area contributed by atoms with Crippen LogP contribution in [0.2, 0.25) is 0 Å². The number of hydrogen-bond acceptors (Lipinski definition) is 6. The summed E-state index contributed by atoms with van der Waals surface area (Å²) in [7, 11) is 0. The van der Waals surface area contributed by atoms with Gasteiger partial charge < -0.3 is 19.9 Å². The quantitative estimate of drug-likeness (QED) is 0.644. The maximum atomic E-state index is 13.5. The maximum absolute atomic E-state index is 13.5. The van der Waals surface area contributed by atoms with E-state index < -0.39 is 0 Å². The summed E-state index contributed by atoms with van der Waals surface area (Å²) in [5.41, 5.74) is 2.95. The lowest BCUT2D eigenvalue weighted by Crippen LogP contribution is -2.64. The maximum Gasteiger partial charge on any atom is 0.232 e. The molecule has 8 nitrogen and oxygen atoms in total. The molecule has 2 fully saturated rings. The Hall–Kier alpha value is -3.13. The number of nitrogens with zero attached hydrogens (tertiary/aromatic N) is 5. The molecule has 1 N–H and O–H groups in total. The Morgan fingerprint density at radius 2 is 1.85 bits per heavy atom. The standard InChI is InChI=1S/C26H32N6O2/c1-26(25(33)30-15-10-20(11-16-30)34-19-5-3-2-4-6-19)17-31(18-26)24-21-7-12-27-13-8-22(21)29-23-9-14-28-32(23)24/h2-6,9,14,20,27H,7-8,10-13,15-18H2,1H3. The van der Waals surface area contributed by atoms with Gasteiger partial charge in [-0.1, -0.05) is 18.2 Å². The molecule has 5 heterocycles. The molecular weight excluding hydrogens is 428 g/mol. The molecule has 3 aliphatic heterocycles. The van der Waals surface area contributed by atoms with Crippen LogP contribution in [0.4, 0.5) is 5.82 Å². The van der Waals surface area contributed by atoms with E-state index in [9.17, 15) is 4.79 Å². The van der Waals surface area contributed by atoms with Crippen LogP contribution in [0.15, 0.2) is 42.6 Å². The molecule has 0 aliphatic carbocycles. The van der Waals surface area contributed by atoms with Crippen LogP contribution in [0, 0.1) is 5.41 Å². The summed E-state index contributed by atoms with van der Waals surface area (Å²) >= 11 is 0. The minimum absolute atomic E-state index is 0.172. The van der Waals surface area contributed by atoms with E-state index in [-0.39, 0.29) is 17.4 Å². The lowest BCUT2D eigenvalue weighted by atomic mass is 9.79. The Balaban J connectivity index is 1.14. The highest BCUT2D eigenvalue weighted by molar-refractivity contribution is 5.86. The molecule has 3 aromatic rings. The summed E-state index contributed by atoms with van der Waals surface area (Å²) in [6.07, 6.45) is 5.59. The monoisotopic (exact) mass is 460 g/mol. The number of rotatable bonds is 4. The van der Waals surface area contributed by atoms with Gasteiger partial charge in [-0.25, -0.2) is 4.98 Å². The van der Waals surface area contributed by atoms with Gasteiger partial charge in [0, 0.05) is 63.6 Å². The Bertz CT molecular complexity index is 1180. The number of ether oxygens (including phenoxy) is 1. The minimum atomic E-state index is -0.369. The van der Waals surface area contributed by atoms with Gasteiger partial charge in [0.05, 0.1) is 17.3 Å². The third kappa shape index (κ3) is 3.79. The number of hydrogen-bond donors (Lipinski definition) is 1. The number of aromatic nitrogens is 3. The van der Waals surface area contributed by atoms with Crippen molar-refractivity contribution >= 4 is 17.4 Å². The molecule has 0 spiro atoms. The lowest BCUT2D eigenvalue weighted by molar-refractivity contribution is -0.144. The first kappa shape index (κ1) is 21.4. The summed E-state index contributed by atoms with van der Waals surface area (Å²) in [5, 5.41) is 8.05. The van der Waals surface area contributed by atoms with Crippen molar-refractivity contribution in [3.8, 4) is 5.75 Å². The molecule has 178 valence electrons. The van der Waals surface area contributed by atoms with Crippen LogP contribution in [0.5, 0.6) is 5.75 Å². The van der Waals surface area contributed by atoms with Crippen molar-refractivity contribution in [2.45, 2.75) is 38.7 Å². The molecule has 34 heavy (non-hydrogen) atoms. The molecule has 2 aromatic heterocycles. The molecule has 3 aliphatic rings. The SMILES string of the molecule is CC1(C(=O)N2CCC(Oc3ccccc3)CC2)CN(c2c3c(nc4ccnn24)CCNCC3)C1. The van der Waals surface area contributed by atoms with Crippen molar-refractivity contribution < 1.29 is 9.53 Å². The minimum Gasteiger partial charge on any atom is -0.490 e. The third-order valence-electron chi connectivity index (χ3n) is 7.45. The highest BCUT2D eigenvalue weighted by Gasteiger charge is 2.49. The summed E-state index contributed by atoms with van der Waals surface area (Å²) in [6, 6.07) is 11.9. The normalized spacial score (nSPS) is 20.5. The number of para-hydroxylation sites is 1. The number of nitrogens with one attached hydrogen (secondary N) is 1. The molecule has 1 aromatic carbocycles. The Morgan fingerprint density at radius 3 is 2.65 bits per heavy atom. The zero-order valence-corrected chi connectivity index (χ0v) is 19.7. The van der Waals surface area contributed by atoms with Crippen molar-refractivity contribution in [2.75, 3.05) is 44.2 Å². The summed E-state index contributed by atoms with van der Waals surface area (Å²) in [6.45, 7) is 6.94. The van der Waals surface area contributed by atoms with E-state index in [2.05, 4.69) is 22.2 Å². The molecule has 8 heteroatoms. The number of fused-ring (bicyclic) bond motifs is 2. The first-order valence-electron chi connectivity index (χ1n) is 12.4. The van der Waals surface area contributed by atoms with Gasteiger partial charge in [-0.3, -0.25) is 4.79 Å². The number of likely N-dealkylation sites (tertiary alicyclic amines) is 1. The van der Waals surface area contributed by atoms with Crippen LogP contribution < -0.4 is 15.0 Å². The fraction of sp³-hybridized carbons (Fsp3) is 0.500. The van der Waals surface area contributed by atoms with Crippen LogP contribution >= 0.6 is 0 Å². The fourth-order valence-corrected chi connectivity index (χ4v) is 5.67. The molecule has 0 radical (unpaired) electrons. The van der Waals surface area contributed by atoms with Crippen molar-refractivity contribution in [2.24, 2.45) is 5.41 Å². The van der Waals surface area contributed by atoms with E-state index in [1.165, 1.54) is 5.56 Å². The molecule has 0 bridgehead atoms. The molecular formula is C26H32N6O2. The predicted molar refractivity (Wildman–Crippen MR) is 130 cm³/mol. The highest BCUT2D eigenvalue weighted by Crippen LogP contribution is 2.39. The van der Waals surface area contributed by atoms with Crippen LogP contribution in [0.25, 0.3) is 5.65 Å². The van der Waals surface area contributed by atoms with Gasteiger partial charge in [-0.05, 0) is 32.0 Å². The molecule has 1 amide bonds. The van der Waals surface area contributed by atoms with E-state index in [0.717, 1.165) is 74.8 Å². The number of piperidine rings is 1. The van der Waals surface area contributed by atoms with Crippen LogP contribution in [0.1, 0.15) is 31.0 Å². The second-order valence-corrected chi connectivity index (χ2v) is 10.1. The summed E-state index contributed by atoms with van der Waals surface area (Å²) in [4.78, 5) is 22.8. The predicted octanol–water partition coefficient (Wildman–Crippen LogP) is 2.31. The molecule has 0 unspecified atom stereocenters. The highest BCUT2D eigenvalue weighted by atomic mass is 16.5. The number of benzene rings is 1. The third-order valence-corrected chi connectivity index (χ3v) is 7.45. The molecule has 2 saturated heterocycles. The molecule has 0 atom stereocenters. The van der Waals surface area contributed by atoms with Gasteiger partial charge >= 0.3 is 0 Å². The van der Waals surface area contributed by atoms with Gasteiger partial charge in [-0.2, -0.15) is 9.61 Å². The number of anilines is 1. The first-order chi connectivity index (χ1) is 16.6. The molecule has 6 rings (SSSR count). The van der Waals surface area contributed by atoms with Gasteiger partial charge in [0.15, 0.2) is 5.65 Å². The van der Waals surface area contributed by atoms with Gasteiger partial charge in [0.2, 0.25) is 5.91 Å². The van der Waals surface area contributed by atoms with E-state index in [1.54, 1.807) is 0 Å². The lowest BCUT2D eigenvalue weighted by Gasteiger charge is -2.50. The number of carbonyl (C=O) groups excluding carboxylic acids is 1. The Morgan fingerprint density at radius 1 is 1.09 bits per heavy atom. The summed E-state index contributed by atoms with van der Waals surface area (Å²) < 4.78 is 8.07. The second kappa shape index (κ2) is 8.58. The van der Waals surface area contributed by atoms with Crippen LogP contribution in [-0.4, -0.2) is 70.8 Å². The van der Waals surface area contributed by atoms with Gasteiger partial charge in [0.25, 0.3) is 0 Å². The van der Waals surface area contributed by atoms with Crippen molar-refractivity contribution in [1.82, 2.24) is 24.8 Å². The average Bonchev–Trinajstić information content (AvgIpc) is 3.18. The largest absolute Gasteiger partial charge is 0.490 e. The Kier molecular flexibility index (Phi) is 5.40. The topological polar surface area (TPSA) is 75.0 Å². The van der Waals surface area contributed by atoms with Gasteiger partial charge in [0.1, 0.15) is 17.7 Å². The smallest absolute Gasteiger partial charge is 0.232 e. The van der Waals surface area contributed by atoms with E-state index in [4.69, 9.17) is 9.72 Å². The van der Waals surface area contributed by atoms with E-state index in [1.807, 2.05) is 52.0 Å². The van der Waals surface area contributed by atoms with Crippen LogP contribution in [-0.2, 0) is 17.6 Å². The van der Waals surface area contributed by atoms with Gasteiger partial charge in [-0.15, -0.1) is 0 Å². The van der Waals surface area contributed by atoms with E-state index in [0.29, 0.717) is 13.1 Å². The Labute approximate surface area is 199 Å². The fourth-order valence-electron chi connectivity index (χ4n) is 5.67. The second-order valence-electron chi connectivity index (χ2n) is 10.1. The average molecular weight is 461 g/mol. The zero-order chi connectivity index (χ0) is 23.1. The molecule has 0 saturated carbocycles. The summed E-state index contributed by atoms with van der Waals surface area (Å²) in [5.74, 6) is 2.29.